The molecule has 3 rings (SSSR count). The third kappa shape index (κ3) is 2.40. The molecule has 0 aliphatic carbocycles. The quantitative estimate of drug-likeness (QED) is 0.885. The highest BCUT2D eigenvalue weighted by molar-refractivity contribution is 5.66. The van der Waals surface area contributed by atoms with Crippen LogP contribution in [0.1, 0.15) is 28.4 Å². The van der Waals surface area contributed by atoms with Gasteiger partial charge in [-0.2, -0.15) is 0 Å². The highest BCUT2D eigenvalue weighted by Gasteiger charge is 2.18. The molecular formula is C17H16O2. The van der Waals surface area contributed by atoms with Gasteiger partial charge in [0.05, 0.1) is 0 Å². The minimum atomic E-state index is -0.637. The van der Waals surface area contributed by atoms with Gasteiger partial charge in [-0.1, -0.05) is 54.1 Å². The van der Waals surface area contributed by atoms with Crippen LogP contribution in [0.15, 0.2) is 54.6 Å². The molecule has 2 nitrogen and oxygen atoms in total. The number of aryl methyl sites for hydroxylation is 1. The summed E-state index contributed by atoms with van der Waals surface area (Å²) < 4.78 is 5.64. The van der Waals surface area contributed by atoms with Crippen LogP contribution in [0.3, 0.4) is 0 Å². The topological polar surface area (TPSA) is 29.5 Å². The smallest absolute Gasteiger partial charge is 0.126 e. The van der Waals surface area contributed by atoms with E-state index in [2.05, 4.69) is 6.07 Å². The molecule has 0 radical (unpaired) electrons. The molecule has 0 saturated carbocycles. The summed E-state index contributed by atoms with van der Waals surface area (Å²) in [5.74, 6) is 0.767. The highest BCUT2D eigenvalue weighted by atomic mass is 16.5. The Kier molecular flexibility index (Phi) is 3.10. The molecule has 2 aromatic rings. The molecule has 19 heavy (non-hydrogen) atoms. The van der Waals surface area contributed by atoms with Crippen molar-refractivity contribution in [2.24, 2.45) is 0 Å². The van der Waals surface area contributed by atoms with Crippen LogP contribution in [0.4, 0.5) is 0 Å². The normalized spacial score (nSPS) is 17.1. The molecule has 2 aromatic carbocycles. The van der Waals surface area contributed by atoms with Gasteiger partial charge in [0.15, 0.2) is 0 Å². The van der Waals surface area contributed by atoms with Crippen molar-refractivity contribution in [1.82, 2.24) is 0 Å². The fraction of sp³-hybridized carbons (Fsp3) is 0.176. The van der Waals surface area contributed by atoms with Crippen molar-refractivity contribution < 1.29 is 9.84 Å². The van der Waals surface area contributed by atoms with Gasteiger partial charge >= 0.3 is 0 Å². The molecule has 1 aliphatic heterocycles. The van der Waals surface area contributed by atoms with Crippen LogP contribution in [0.5, 0.6) is 0 Å². The standard InChI is InChI=1S/C17H16O2/c1-12-6-8-13(9-7-12)16(18)10-17-15-5-3-2-4-14(15)11-19-17/h2-10,16,18H,11H2,1H3/b17-10+. The van der Waals surface area contributed by atoms with Crippen LogP contribution in [0.25, 0.3) is 5.76 Å². The zero-order valence-corrected chi connectivity index (χ0v) is 10.8. The molecule has 1 aliphatic rings. The predicted molar refractivity (Wildman–Crippen MR) is 75.3 cm³/mol. The van der Waals surface area contributed by atoms with Crippen molar-refractivity contribution in [2.75, 3.05) is 0 Å². The molecular weight excluding hydrogens is 236 g/mol. The summed E-state index contributed by atoms with van der Waals surface area (Å²) in [6, 6.07) is 15.9. The number of ether oxygens (including phenoxy) is 1. The van der Waals surface area contributed by atoms with Crippen molar-refractivity contribution in [2.45, 2.75) is 19.6 Å². The Bertz CT molecular complexity index is 611. The van der Waals surface area contributed by atoms with E-state index in [-0.39, 0.29) is 0 Å². The summed E-state index contributed by atoms with van der Waals surface area (Å²) in [7, 11) is 0. The molecule has 0 fully saturated rings. The van der Waals surface area contributed by atoms with E-state index in [0.29, 0.717) is 6.61 Å². The lowest BCUT2D eigenvalue weighted by atomic mass is 10.0. The molecule has 0 aromatic heterocycles. The van der Waals surface area contributed by atoms with Crippen LogP contribution in [0.2, 0.25) is 0 Å². The van der Waals surface area contributed by atoms with Crippen molar-refractivity contribution >= 4 is 5.76 Å². The van der Waals surface area contributed by atoms with Crippen molar-refractivity contribution in [3.05, 3.63) is 76.9 Å². The summed E-state index contributed by atoms with van der Waals surface area (Å²) >= 11 is 0. The van der Waals surface area contributed by atoms with Gasteiger partial charge in [-0.3, -0.25) is 0 Å². The second-order valence-corrected chi connectivity index (χ2v) is 4.83. The van der Waals surface area contributed by atoms with Crippen LogP contribution < -0.4 is 0 Å². The Labute approximate surface area is 113 Å². The number of hydrogen-bond donors (Lipinski definition) is 1. The molecule has 1 heterocycles. The largest absolute Gasteiger partial charge is 0.488 e. The number of rotatable bonds is 2. The number of fused-ring (bicyclic) bond motifs is 1. The lowest BCUT2D eigenvalue weighted by Crippen LogP contribution is -1.95. The first kappa shape index (κ1) is 12.0. The summed E-state index contributed by atoms with van der Waals surface area (Å²) in [5.41, 5.74) is 4.32. The van der Waals surface area contributed by atoms with Gasteiger partial charge in [0, 0.05) is 11.1 Å². The predicted octanol–water partition coefficient (Wildman–Crippen LogP) is 3.60. The average molecular weight is 252 g/mol. The molecule has 1 unspecified atom stereocenters. The van der Waals surface area contributed by atoms with Crippen LogP contribution >= 0.6 is 0 Å². The van der Waals surface area contributed by atoms with Crippen molar-refractivity contribution in [3.63, 3.8) is 0 Å². The molecule has 0 amide bonds. The zero-order valence-electron chi connectivity index (χ0n) is 10.8. The third-order valence-electron chi connectivity index (χ3n) is 3.39. The van der Waals surface area contributed by atoms with E-state index in [9.17, 15) is 5.11 Å². The van der Waals surface area contributed by atoms with Crippen LogP contribution in [0, 0.1) is 6.92 Å². The first-order chi connectivity index (χ1) is 9.24. The summed E-state index contributed by atoms with van der Waals surface area (Å²) in [4.78, 5) is 0. The maximum atomic E-state index is 10.2. The van der Waals surface area contributed by atoms with Crippen molar-refractivity contribution in [1.29, 1.82) is 0 Å². The molecule has 1 atom stereocenters. The SMILES string of the molecule is Cc1ccc(C(O)/C=C2/OCc3ccccc32)cc1. The Morgan fingerprint density at radius 2 is 1.84 bits per heavy atom. The Hall–Kier alpha value is -2.06. The van der Waals surface area contributed by atoms with E-state index < -0.39 is 6.10 Å². The first-order valence-electron chi connectivity index (χ1n) is 6.41. The van der Waals surface area contributed by atoms with E-state index in [1.807, 2.05) is 49.4 Å². The van der Waals surface area contributed by atoms with Crippen molar-refractivity contribution in [3.8, 4) is 0 Å². The van der Waals surface area contributed by atoms with E-state index in [0.717, 1.165) is 16.9 Å². The fourth-order valence-corrected chi connectivity index (χ4v) is 2.26. The molecule has 0 saturated heterocycles. The average Bonchev–Trinajstić information content (AvgIpc) is 2.83. The second-order valence-electron chi connectivity index (χ2n) is 4.83. The lowest BCUT2D eigenvalue weighted by molar-refractivity contribution is 0.221. The summed E-state index contributed by atoms with van der Waals surface area (Å²) in [5, 5.41) is 10.2. The number of benzene rings is 2. The number of aliphatic hydroxyl groups is 1. The summed E-state index contributed by atoms with van der Waals surface area (Å²) in [6.45, 7) is 2.62. The van der Waals surface area contributed by atoms with E-state index in [4.69, 9.17) is 4.74 Å². The van der Waals surface area contributed by atoms with E-state index >= 15 is 0 Å². The minimum Gasteiger partial charge on any atom is -0.488 e. The maximum absolute atomic E-state index is 10.2. The van der Waals surface area contributed by atoms with Crippen LogP contribution in [-0.2, 0) is 11.3 Å². The molecule has 96 valence electrons. The Morgan fingerprint density at radius 1 is 1.11 bits per heavy atom. The van der Waals surface area contributed by atoms with Gasteiger partial charge < -0.3 is 9.84 Å². The van der Waals surface area contributed by atoms with Gasteiger partial charge in [0.1, 0.15) is 18.5 Å². The first-order valence-corrected chi connectivity index (χ1v) is 6.41. The molecule has 0 bridgehead atoms. The maximum Gasteiger partial charge on any atom is 0.126 e. The van der Waals surface area contributed by atoms with Gasteiger partial charge in [-0.25, -0.2) is 0 Å². The molecule has 2 heteroatoms. The Balaban J connectivity index is 1.89. The second kappa shape index (κ2) is 4.90. The van der Waals surface area contributed by atoms with Crippen LogP contribution in [-0.4, -0.2) is 5.11 Å². The van der Waals surface area contributed by atoms with Gasteiger partial charge in [-0.05, 0) is 18.6 Å². The lowest BCUT2D eigenvalue weighted by Gasteiger charge is -2.08. The van der Waals surface area contributed by atoms with E-state index in [1.54, 1.807) is 6.08 Å². The monoisotopic (exact) mass is 252 g/mol. The third-order valence-corrected chi connectivity index (χ3v) is 3.39. The van der Waals surface area contributed by atoms with Gasteiger partial charge in [-0.15, -0.1) is 0 Å². The van der Waals surface area contributed by atoms with Gasteiger partial charge in [0.2, 0.25) is 0 Å². The van der Waals surface area contributed by atoms with Gasteiger partial charge in [0.25, 0.3) is 0 Å². The Morgan fingerprint density at radius 3 is 2.63 bits per heavy atom. The zero-order chi connectivity index (χ0) is 13.2. The van der Waals surface area contributed by atoms with E-state index in [1.165, 1.54) is 11.1 Å². The minimum absolute atomic E-state index is 0.586. The fourth-order valence-electron chi connectivity index (χ4n) is 2.26. The molecule has 1 N–H and O–H groups in total. The molecule has 0 spiro atoms. The summed E-state index contributed by atoms with van der Waals surface area (Å²) in [6.07, 6.45) is 1.14. The number of hydrogen-bond acceptors (Lipinski definition) is 2. The number of aliphatic hydroxyl groups excluding tert-OH is 1. The highest BCUT2D eigenvalue weighted by Crippen LogP contribution is 2.31.